The van der Waals surface area contributed by atoms with Gasteiger partial charge in [0.15, 0.2) is 11.5 Å². The van der Waals surface area contributed by atoms with Crippen LogP contribution >= 0.6 is 15.9 Å². The summed E-state index contributed by atoms with van der Waals surface area (Å²) < 4.78 is 16.3. The lowest BCUT2D eigenvalue weighted by Gasteiger charge is -2.17. The van der Waals surface area contributed by atoms with Crippen LogP contribution in [0, 0.1) is 5.92 Å². The molecule has 1 unspecified atom stereocenters. The fourth-order valence-corrected chi connectivity index (χ4v) is 3.66. The third-order valence-electron chi connectivity index (χ3n) is 4.69. The van der Waals surface area contributed by atoms with Gasteiger partial charge >= 0.3 is 5.97 Å². The Hall–Kier alpha value is -2.81. The van der Waals surface area contributed by atoms with Gasteiger partial charge in [0.25, 0.3) is 0 Å². The van der Waals surface area contributed by atoms with E-state index in [0.717, 1.165) is 10.0 Å². The summed E-state index contributed by atoms with van der Waals surface area (Å²) in [5.74, 6) is 0.153. The summed E-state index contributed by atoms with van der Waals surface area (Å²) in [7, 11) is 0. The van der Waals surface area contributed by atoms with Crippen molar-refractivity contribution in [2.45, 2.75) is 25.8 Å². The van der Waals surface area contributed by atoms with Crippen molar-refractivity contribution in [1.82, 2.24) is 10.6 Å². The van der Waals surface area contributed by atoms with E-state index in [0.29, 0.717) is 30.9 Å². The maximum atomic E-state index is 12.5. The average Bonchev–Trinajstić information content (AvgIpc) is 3.33. The largest absolute Gasteiger partial charge is 0.463 e. The number of amides is 2. The zero-order valence-corrected chi connectivity index (χ0v) is 18.1. The third-order valence-corrected chi connectivity index (χ3v) is 5.37. The predicted octanol–water partition coefficient (Wildman–Crippen LogP) is 2.32. The lowest BCUT2D eigenvalue weighted by atomic mass is 9.98. The Labute approximate surface area is 182 Å². The molecular formula is C21H23BrN2O6. The zero-order chi connectivity index (χ0) is 21.5. The molecule has 1 saturated heterocycles. The van der Waals surface area contributed by atoms with Gasteiger partial charge in [0.05, 0.1) is 6.61 Å². The van der Waals surface area contributed by atoms with Crippen molar-refractivity contribution >= 4 is 39.8 Å². The highest BCUT2D eigenvalue weighted by atomic mass is 79.9. The molecule has 2 heterocycles. The van der Waals surface area contributed by atoms with Crippen LogP contribution in [0.5, 0.6) is 11.5 Å². The SMILES string of the molecule is CCOC(=O)/C=C/C(C[C@@H]1CCNC1=O)NC(=O)/C=C/c1cc2c(cc1Br)OCO2. The van der Waals surface area contributed by atoms with E-state index in [-0.39, 0.29) is 31.1 Å². The molecule has 30 heavy (non-hydrogen) atoms. The number of hydrogen-bond acceptors (Lipinski definition) is 6. The van der Waals surface area contributed by atoms with E-state index < -0.39 is 12.0 Å². The molecule has 2 aliphatic heterocycles. The molecule has 9 heteroatoms. The van der Waals surface area contributed by atoms with Crippen LogP contribution in [0.4, 0.5) is 0 Å². The molecule has 0 bridgehead atoms. The van der Waals surface area contributed by atoms with Crippen molar-refractivity contribution < 1.29 is 28.6 Å². The third kappa shape index (κ3) is 5.85. The first-order valence-corrected chi connectivity index (χ1v) is 10.5. The van der Waals surface area contributed by atoms with E-state index in [4.69, 9.17) is 14.2 Å². The molecule has 160 valence electrons. The van der Waals surface area contributed by atoms with E-state index >= 15 is 0 Å². The molecule has 1 aromatic rings. The van der Waals surface area contributed by atoms with Gasteiger partial charge in [-0.25, -0.2) is 4.79 Å². The van der Waals surface area contributed by atoms with Crippen LogP contribution in [0.2, 0.25) is 0 Å². The van der Waals surface area contributed by atoms with E-state index in [9.17, 15) is 14.4 Å². The molecule has 0 spiro atoms. The standard InChI is InChI=1S/C21H23BrN2O6/c1-2-28-20(26)6-4-15(9-14-7-8-23-21(14)27)24-19(25)5-3-13-10-17-18(11-16(13)22)30-12-29-17/h3-6,10-11,14-15H,2,7-9,12H2,1H3,(H,23,27)(H,24,25)/b5-3+,6-4+/t14-,15?/m0/s1. The van der Waals surface area contributed by atoms with Crippen molar-refractivity contribution in [2.75, 3.05) is 19.9 Å². The van der Waals surface area contributed by atoms with Crippen molar-refractivity contribution in [3.63, 3.8) is 0 Å². The summed E-state index contributed by atoms with van der Waals surface area (Å²) in [6, 6.07) is 3.07. The van der Waals surface area contributed by atoms with Crippen LogP contribution in [0.15, 0.2) is 34.8 Å². The minimum Gasteiger partial charge on any atom is -0.463 e. The zero-order valence-electron chi connectivity index (χ0n) is 16.5. The topological polar surface area (TPSA) is 103 Å². The first-order valence-electron chi connectivity index (χ1n) is 9.66. The molecule has 1 fully saturated rings. The maximum absolute atomic E-state index is 12.5. The predicted molar refractivity (Wildman–Crippen MR) is 113 cm³/mol. The number of carbonyl (C=O) groups excluding carboxylic acids is 3. The number of hydrogen-bond donors (Lipinski definition) is 2. The van der Waals surface area contributed by atoms with E-state index in [2.05, 4.69) is 26.6 Å². The first-order chi connectivity index (χ1) is 14.5. The Bertz CT molecular complexity index is 882. The molecule has 0 radical (unpaired) electrons. The number of benzene rings is 1. The summed E-state index contributed by atoms with van der Waals surface area (Å²) in [5, 5.41) is 5.61. The second-order valence-electron chi connectivity index (χ2n) is 6.80. The lowest BCUT2D eigenvalue weighted by molar-refractivity contribution is -0.137. The van der Waals surface area contributed by atoms with Gasteiger partial charge < -0.3 is 24.8 Å². The van der Waals surface area contributed by atoms with Crippen LogP contribution in [0.1, 0.15) is 25.3 Å². The number of fused-ring (bicyclic) bond motifs is 1. The number of carbonyl (C=O) groups is 3. The Morgan fingerprint density at radius 2 is 2.10 bits per heavy atom. The van der Waals surface area contributed by atoms with Gasteiger partial charge in [-0.05, 0) is 43.5 Å². The fourth-order valence-electron chi connectivity index (χ4n) is 3.20. The fraction of sp³-hybridized carbons (Fsp3) is 0.381. The van der Waals surface area contributed by atoms with Gasteiger partial charge in [-0.15, -0.1) is 0 Å². The normalized spacial score (nSPS) is 18.6. The quantitative estimate of drug-likeness (QED) is 0.439. The number of rotatable bonds is 8. The minimum atomic E-state index is -0.493. The van der Waals surface area contributed by atoms with Crippen LogP contribution in [0.25, 0.3) is 6.08 Å². The average molecular weight is 479 g/mol. The van der Waals surface area contributed by atoms with E-state index in [1.165, 1.54) is 12.2 Å². The van der Waals surface area contributed by atoms with Gasteiger partial charge in [-0.2, -0.15) is 0 Å². The number of esters is 1. The molecule has 2 aliphatic rings. The van der Waals surface area contributed by atoms with Crippen molar-refractivity contribution in [1.29, 1.82) is 0 Å². The van der Waals surface area contributed by atoms with Gasteiger partial charge in [0.2, 0.25) is 18.6 Å². The lowest BCUT2D eigenvalue weighted by Crippen LogP contribution is -2.35. The molecule has 8 nitrogen and oxygen atoms in total. The second kappa shape index (κ2) is 10.3. The summed E-state index contributed by atoms with van der Waals surface area (Å²) in [6.45, 7) is 2.76. The Balaban J connectivity index is 1.66. The number of ether oxygens (including phenoxy) is 3. The summed E-state index contributed by atoms with van der Waals surface area (Å²) in [5.41, 5.74) is 0.753. The smallest absolute Gasteiger partial charge is 0.330 e. The molecular weight excluding hydrogens is 456 g/mol. The van der Waals surface area contributed by atoms with E-state index in [1.54, 1.807) is 31.2 Å². The van der Waals surface area contributed by atoms with Gasteiger partial charge in [-0.3, -0.25) is 9.59 Å². The number of halogens is 1. The van der Waals surface area contributed by atoms with Gasteiger partial charge in [0, 0.05) is 35.1 Å². The van der Waals surface area contributed by atoms with Crippen LogP contribution < -0.4 is 20.1 Å². The number of nitrogens with one attached hydrogen (secondary N) is 2. The molecule has 0 aliphatic carbocycles. The molecule has 0 aromatic heterocycles. The van der Waals surface area contributed by atoms with Crippen LogP contribution in [-0.2, 0) is 19.1 Å². The Morgan fingerprint density at radius 1 is 1.33 bits per heavy atom. The molecule has 2 amide bonds. The van der Waals surface area contributed by atoms with Crippen LogP contribution in [0.3, 0.4) is 0 Å². The van der Waals surface area contributed by atoms with Crippen molar-refractivity contribution in [3.05, 3.63) is 40.4 Å². The van der Waals surface area contributed by atoms with E-state index in [1.807, 2.05) is 0 Å². The van der Waals surface area contributed by atoms with Gasteiger partial charge in [0.1, 0.15) is 0 Å². The van der Waals surface area contributed by atoms with Gasteiger partial charge in [-0.1, -0.05) is 22.0 Å². The second-order valence-corrected chi connectivity index (χ2v) is 7.65. The first kappa shape index (κ1) is 21.9. The van der Waals surface area contributed by atoms with Crippen LogP contribution in [-0.4, -0.2) is 43.8 Å². The highest BCUT2D eigenvalue weighted by Crippen LogP contribution is 2.37. The maximum Gasteiger partial charge on any atom is 0.330 e. The molecule has 2 atom stereocenters. The molecule has 3 rings (SSSR count). The monoisotopic (exact) mass is 478 g/mol. The highest BCUT2D eigenvalue weighted by Gasteiger charge is 2.27. The summed E-state index contributed by atoms with van der Waals surface area (Å²) >= 11 is 3.45. The summed E-state index contributed by atoms with van der Waals surface area (Å²) in [4.78, 5) is 36.0. The molecule has 0 saturated carbocycles. The highest BCUT2D eigenvalue weighted by molar-refractivity contribution is 9.10. The van der Waals surface area contributed by atoms with Crippen molar-refractivity contribution in [3.8, 4) is 11.5 Å². The minimum absolute atomic E-state index is 0.0429. The summed E-state index contributed by atoms with van der Waals surface area (Å²) in [6.07, 6.45) is 6.97. The molecule has 2 N–H and O–H groups in total. The van der Waals surface area contributed by atoms with Crippen molar-refractivity contribution in [2.24, 2.45) is 5.92 Å². The molecule has 1 aromatic carbocycles. The Kier molecular flexibility index (Phi) is 7.51. The Morgan fingerprint density at radius 3 is 2.80 bits per heavy atom.